The monoisotopic (exact) mass is 454 g/mol. The van der Waals surface area contributed by atoms with Crippen molar-refractivity contribution in [1.82, 2.24) is 19.3 Å². The molecule has 1 N–H and O–H groups in total. The van der Waals surface area contributed by atoms with Gasteiger partial charge in [-0.1, -0.05) is 6.07 Å². The molecule has 0 saturated heterocycles. The van der Waals surface area contributed by atoms with E-state index in [9.17, 15) is 34.8 Å². The Morgan fingerprint density at radius 1 is 0.786 bits per heavy atom. The summed E-state index contributed by atoms with van der Waals surface area (Å²) in [5, 5.41) is 3.30. The van der Waals surface area contributed by atoms with Gasteiger partial charge in [-0.15, -0.1) is 0 Å². The van der Waals surface area contributed by atoms with E-state index in [1.165, 1.54) is 0 Å². The van der Waals surface area contributed by atoms with Crippen molar-refractivity contribution in [3.05, 3.63) is 29.3 Å². The minimum absolute atomic E-state index is 0.305. The topological polar surface area (TPSA) is 55.9 Å². The average Bonchev–Trinajstić information content (AvgIpc) is 2.70. The van der Waals surface area contributed by atoms with E-state index >= 15 is 0 Å². The molecule has 162 valence electrons. The number of carbonyl (C=O) groups is 2. The zero-order valence-corrected chi connectivity index (χ0v) is 17.8. The molecule has 0 fully saturated rings. The molecule has 1 aromatic carbocycles. The Hall–Kier alpha value is -1.32. The van der Waals surface area contributed by atoms with Crippen molar-refractivity contribution in [3.8, 4) is 0 Å². The van der Waals surface area contributed by atoms with Gasteiger partial charge in [-0.2, -0.15) is 14.0 Å². The Balaban J connectivity index is 0.000000480. The van der Waals surface area contributed by atoms with Crippen molar-refractivity contribution in [3.63, 3.8) is 0 Å². The maximum atomic E-state index is 12.2. The number of imide groups is 1. The summed E-state index contributed by atoms with van der Waals surface area (Å²) in [4.78, 5) is 24.1. The summed E-state index contributed by atoms with van der Waals surface area (Å²) in [6.07, 6.45) is 0. The normalized spacial score (nSPS) is 17.1. The maximum absolute atomic E-state index is 12.2. The minimum atomic E-state index is -10.7. The van der Waals surface area contributed by atoms with Crippen LogP contribution in [0, 0.1) is 0 Å². The van der Waals surface area contributed by atoms with Crippen LogP contribution in [0.1, 0.15) is 20.7 Å². The second-order valence-corrected chi connectivity index (χ2v) is 12.5. The molecule has 6 nitrogen and oxygen atoms in total. The van der Waals surface area contributed by atoms with Gasteiger partial charge in [0.1, 0.15) is 0 Å². The summed E-state index contributed by atoms with van der Waals surface area (Å²) in [7, 11) is -0.729. The molecule has 1 aliphatic heterocycles. The van der Waals surface area contributed by atoms with Gasteiger partial charge >= 0.3 is 33.0 Å². The van der Waals surface area contributed by atoms with Crippen LogP contribution in [0.2, 0.25) is 0 Å². The van der Waals surface area contributed by atoms with Crippen LogP contribution in [0.3, 0.4) is 0 Å². The van der Waals surface area contributed by atoms with Crippen LogP contribution in [0.25, 0.3) is 0 Å². The first-order chi connectivity index (χ1) is 12.2. The Kier molecular flexibility index (Phi) is 6.07. The fourth-order valence-corrected chi connectivity index (χ4v) is 7.42. The quantitative estimate of drug-likeness (QED) is 0.423. The van der Waals surface area contributed by atoms with Gasteiger partial charge in [-0.25, -0.2) is 0 Å². The molecule has 2 amide bonds. The van der Waals surface area contributed by atoms with E-state index < -0.39 is 15.5 Å². The van der Waals surface area contributed by atoms with E-state index in [-0.39, 0.29) is 11.8 Å². The van der Waals surface area contributed by atoms with Crippen LogP contribution in [0.15, 0.2) is 18.2 Å². The zero-order valence-electron chi connectivity index (χ0n) is 16.1. The van der Waals surface area contributed by atoms with Crippen LogP contribution in [0.4, 0.5) is 25.2 Å². The number of rotatable bonds is 4. The Labute approximate surface area is 159 Å². The molecular formula is C14H22F6N4O2P2. The molecule has 0 saturated carbocycles. The molecule has 0 bridgehead atoms. The van der Waals surface area contributed by atoms with E-state index in [1.807, 2.05) is 54.4 Å². The molecule has 0 spiro atoms. The van der Waals surface area contributed by atoms with Crippen LogP contribution >= 0.6 is 15.5 Å². The van der Waals surface area contributed by atoms with Gasteiger partial charge in [0.25, 0.3) is 19.5 Å². The van der Waals surface area contributed by atoms with E-state index in [0.717, 1.165) is 5.30 Å². The standard InChI is InChI=1S/C14H21N4O2P.F6P/c1-16(2)21(17(3)4,18(5)6)11-9-7-8-10-12(11)14(20)15-13(10)19;1-7(2,3,4,5)6/h7-9H,1-6H3;/q;-1/p+1. The second kappa shape index (κ2) is 6.88. The van der Waals surface area contributed by atoms with Crippen molar-refractivity contribution >= 4 is 32.6 Å². The van der Waals surface area contributed by atoms with Gasteiger partial charge < -0.3 is 0 Å². The van der Waals surface area contributed by atoms with Crippen LogP contribution < -0.4 is 10.6 Å². The molecule has 0 unspecified atom stereocenters. The van der Waals surface area contributed by atoms with Crippen molar-refractivity contribution in [2.24, 2.45) is 0 Å². The van der Waals surface area contributed by atoms with Crippen LogP contribution in [-0.2, 0) is 0 Å². The molecule has 0 aliphatic carbocycles. The van der Waals surface area contributed by atoms with E-state index in [4.69, 9.17) is 0 Å². The molecular weight excluding hydrogens is 432 g/mol. The predicted octanol–water partition coefficient (Wildman–Crippen LogP) is 4.03. The van der Waals surface area contributed by atoms with E-state index in [2.05, 4.69) is 19.3 Å². The van der Waals surface area contributed by atoms with E-state index in [1.54, 1.807) is 6.07 Å². The number of hydrogen-bond donors (Lipinski definition) is 1. The van der Waals surface area contributed by atoms with E-state index in [0.29, 0.717) is 11.1 Å². The number of hydrogen-bond acceptors (Lipinski definition) is 5. The Morgan fingerprint density at radius 3 is 1.54 bits per heavy atom. The number of fused-ring (bicyclic) bond motifs is 1. The van der Waals surface area contributed by atoms with Gasteiger partial charge in [0.15, 0.2) is 5.30 Å². The summed E-state index contributed by atoms with van der Waals surface area (Å²) in [5.41, 5.74) is 0.972. The first-order valence-electron chi connectivity index (χ1n) is 7.67. The molecule has 0 atom stereocenters. The first-order valence-corrected chi connectivity index (χ1v) is 11.3. The van der Waals surface area contributed by atoms with Crippen LogP contribution in [-0.4, -0.2) is 68.1 Å². The summed E-state index contributed by atoms with van der Waals surface area (Å²) in [5.74, 6) is -0.619. The van der Waals surface area contributed by atoms with Gasteiger partial charge in [0.05, 0.1) is 11.1 Å². The summed E-state index contributed by atoms with van der Waals surface area (Å²) >= 11 is 0. The molecule has 28 heavy (non-hydrogen) atoms. The fraction of sp³-hybridized carbons (Fsp3) is 0.429. The second-order valence-electron chi connectivity index (χ2n) is 6.55. The fourth-order valence-electron chi connectivity index (χ4n) is 3.17. The molecule has 1 aromatic rings. The third-order valence-corrected chi connectivity index (χ3v) is 8.10. The third-order valence-electron chi connectivity index (χ3n) is 3.74. The SMILES string of the molecule is CN(C)[P+](c1cccc2c1C(=O)NC2=O)(N(C)C)N(C)C.F[P-](F)(F)(F)(F)F. The summed E-state index contributed by atoms with van der Waals surface area (Å²) in [6.45, 7) is 0. The molecule has 0 radical (unpaired) electrons. The van der Waals surface area contributed by atoms with Crippen molar-refractivity contribution in [1.29, 1.82) is 0 Å². The Morgan fingerprint density at radius 2 is 1.18 bits per heavy atom. The van der Waals surface area contributed by atoms with Crippen molar-refractivity contribution in [2.45, 2.75) is 0 Å². The molecule has 1 heterocycles. The predicted molar refractivity (Wildman–Crippen MR) is 99.4 cm³/mol. The van der Waals surface area contributed by atoms with Gasteiger partial charge in [-0.3, -0.25) is 14.9 Å². The van der Waals surface area contributed by atoms with Crippen molar-refractivity contribution < 1.29 is 34.8 Å². The number of nitrogens with zero attached hydrogens (tertiary/aromatic N) is 3. The van der Waals surface area contributed by atoms with Gasteiger partial charge in [0.2, 0.25) is 0 Å². The average molecular weight is 454 g/mol. The van der Waals surface area contributed by atoms with Crippen molar-refractivity contribution in [2.75, 3.05) is 42.3 Å². The zero-order chi connectivity index (χ0) is 22.4. The third kappa shape index (κ3) is 5.84. The number of benzene rings is 1. The molecule has 2 rings (SSSR count). The molecule has 0 aromatic heterocycles. The number of nitrogens with one attached hydrogen (secondary N) is 1. The number of amides is 2. The van der Waals surface area contributed by atoms with Gasteiger partial charge in [0, 0.05) is 42.3 Å². The number of halogens is 6. The number of carbonyl (C=O) groups excluding carboxylic acids is 2. The molecule has 1 aliphatic rings. The first kappa shape index (κ1) is 24.7. The molecule has 14 heteroatoms. The Bertz CT molecular complexity index is 764. The summed E-state index contributed by atoms with van der Waals surface area (Å²) in [6, 6.07) is 5.50. The van der Waals surface area contributed by atoms with Crippen LogP contribution in [0.5, 0.6) is 0 Å². The summed E-state index contributed by atoms with van der Waals surface area (Å²) < 4.78 is 65.6. The van der Waals surface area contributed by atoms with Gasteiger partial charge in [-0.05, 0) is 12.1 Å².